The van der Waals surface area contributed by atoms with Crippen molar-refractivity contribution in [2.45, 2.75) is 184 Å². The number of nitro groups is 1. The van der Waals surface area contributed by atoms with Gasteiger partial charge < -0.3 is 93.3 Å². The lowest BCUT2D eigenvalue weighted by Gasteiger charge is -2.49. The van der Waals surface area contributed by atoms with Gasteiger partial charge in [-0.2, -0.15) is 0 Å². The summed E-state index contributed by atoms with van der Waals surface area (Å²) in [4.78, 5) is 73.6. The Morgan fingerprint density at radius 2 is 0.754 bits per heavy atom. The van der Waals surface area contributed by atoms with Gasteiger partial charge in [0.1, 0.15) is 36.2 Å². The molecular formula is C91H122N6O21. The maximum Gasteiger partial charge on any atom is 0.519 e. The maximum atomic E-state index is 13.0. The number of hydrogen-bond acceptors (Lipinski definition) is 22. The fourth-order valence-corrected chi connectivity index (χ4v) is 17.5. The quantitative estimate of drug-likeness (QED) is 0.00811. The van der Waals surface area contributed by atoms with Crippen molar-refractivity contribution >= 4 is 36.2 Å². The Balaban J connectivity index is 0.000000188. The van der Waals surface area contributed by atoms with Gasteiger partial charge in [0.15, 0.2) is 0 Å². The highest BCUT2D eigenvalue weighted by Gasteiger charge is 2.49. The molecule has 4 amide bonds. The molecule has 642 valence electrons. The van der Waals surface area contributed by atoms with E-state index in [0.29, 0.717) is 135 Å². The molecule has 0 heterocycles. The fourth-order valence-electron chi connectivity index (χ4n) is 17.5. The first kappa shape index (κ1) is 91.0. The summed E-state index contributed by atoms with van der Waals surface area (Å²) in [6.07, 6.45) is 16.4. The Labute approximate surface area is 693 Å². The predicted octanol–water partition coefficient (Wildman–Crippen LogP) is 15.2. The molecule has 6 aromatic rings. The predicted molar refractivity (Wildman–Crippen MR) is 444 cm³/mol. The fraction of sp³-hybridized carbons (Fsp3) is 0.549. The number of nitrogens with two attached hydrogens (primary N) is 1. The molecule has 6 N–H and O–H groups in total. The highest BCUT2D eigenvalue weighted by atomic mass is 16.7. The number of benzene rings is 6. The molecule has 6 aliphatic rings. The molecule has 6 bridgehead atoms. The van der Waals surface area contributed by atoms with Crippen molar-refractivity contribution in [1.82, 2.24) is 21.3 Å². The third-order valence-corrected chi connectivity index (χ3v) is 23.6. The van der Waals surface area contributed by atoms with Gasteiger partial charge in [-0.05, 0) is 169 Å². The van der Waals surface area contributed by atoms with Gasteiger partial charge in [-0.15, -0.1) is 0 Å². The second-order valence-electron chi connectivity index (χ2n) is 31.8. The van der Waals surface area contributed by atoms with Gasteiger partial charge >= 0.3 is 30.5 Å². The number of amides is 4. The molecule has 0 aromatic heterocycles. The van der Waals surface area contributed by atoms with Gasteiger partial charge in [0.25, 0.3) is 5.69 Å². The second kappa shape index (κ2) is 47.5. The largest absolute Gasteiger partial charge is 0.519 e. The van der Waals surface area contributed by atoms with Gasteiger partial charge in [0.2, 0.25) is 0 Å². The Morgan fingerprint density at radius 1 is 0.407 bits per heavy atom. The lowest BCUT2D eigenvalue weighted by molar-refractivity contribution is -0.384. The summed E-state index contributed by atoms with van der Waals surface area (Å²) in [5.74, 6) is 2.63. The van der Waals surface area contributed by atoms with E-state index in [1.807, 2.05) is 97.1 Å². The number of nitro benzene ring substituents is 1. The van der Waals surface area contributed by atoms with E-state index in [1.54, 1.807) is 20.3 Å². The van der Waals surface area contributed by atoms with Crippen molar-refractivity contribution in [3.63, 3.8) is 0 Å². The third-order valence-electron chi connectivity index (χ3n) is 23.6. The van der Waals surface area contributed by atoms with Crippen molar-refractivity contribution in [2.75, 3.05) is 120 Å². The van der Waals surface area contributed by atoms with Crippen molar-refractivity contribution in [2.24, 2.45) is 23.5 Å². The van der Waals surface area contributed by atoms with Crippen LogP contribution in [0.3, 0.4) is 0 Å². The molecule has 118 heavy (non-hydrogen) atoms. The third kappa shape index (κ3) is 27.4. The van der Waals surface area contributed by atoms with Gasteiger partial charge in [-0.1, -0.05) is 157 Å². The highest BCUT2D eigenvalue weighted by molar-refractivity contribution is 5.72. The van der Waals surface area contributed by atoms with Gasteiger partial charge in [0.05, 0.1) is 97.4 Å². The molecule has 0 radical (unpaired) electrons. The lowest BCUT2D eigenvalue weighted by Crippen LogP contribution is -2.57. The number of nitrogens with one attached hydrogen (secondary N) is 4. The molecule has 27 heteroatoms. The average Bonchev–Trinajstić information content (AvgIpc) is 0.761. The highest BCUT2D eigenvalue weighted by Crippen LogP contribution is 2.51. The molecular weight excluding hydrogens is 1510 g/mol. The molecule has 6 aliphatic carbocycles. The van der Waals surface area contributed by atoms with E-state index in [9.17, 15) is 34.1 Å². The molecule has 3 saturated carbocycles. The molecule has 0 spiro atoms. The standard InChI is InChI=1S/C34H48N2O8.C31H32N2O7.C26H42N2O6/c1-34-14-8-4-7-11-28(31(34)36-33(38)43-25-26-9-5-3-6-10-26)23-27-12-13-29(24-30(27)34)44-32(37)35-15-16-40-19-20-42-22-21-41-18-17-39-2;1-31-17-7-3-6-10-23(28(31)32-29(34)38-20-21-8-4-2-5-9-21)18-22-11-14-26(19-27(22)31)40-30(35)39-25-15-12-24(13-16-25)33(36)37;1-26-9-5-3-4-6-21(24(26)27)18-20-7-8-22(19-23(20)26)34-25(29)28-10-11-31-14-15-33-17-16-32-13-12-30-2/h3,5-6,9-10,12-13,24,28,31H,4,7-8,11,14-23,25H2,1-2H3,(H,35,37)(H,36,38);2,4-5,8-9,11-16,19,23,28H,3,6-7,10,17-18,20H2,1H3,(H,32,34);7-8,19,21,24H,3-6,9-18,27H2,1-2H3,(H,28,29)/t28-,31-,34+;23-,28-,31+;21-,24-,26+/m000/s1. The van der Waals surface area contributed by atoms with Crippen molar-refractivity contribution in [1.29, 1.82) is 0 Å². The summed E-state index contributed by atoms with van der Waals surface area (Å²) in [6.45, 7) is 14.7. The van der Waals surface area contributed by atoms with Gasteiger partial charge in [0, 0.05) is 73.8 Å². The minimum absolute atomic E-state index is 0.0690. The average molecular weight is 1640 g/mol. The Bertz CT molecular complexity index is 4110. The van der Waals surface area contributed by atoms with E-state index in [4.69, 9.17) is 72.0 Å². The van der Waals surface area contributed by atoms with E-state index in [1.165, 1.54) is 78.6 Å². The first-order valence-electron chi connectivity index (χ1n) is 42.0. The zero-order valence-electron chi connectivity index (χ0n) is 69.3. The van der Waals surface area contributed by atoms with E-state index >= 15 is 0 Å². The molecule has 12 rings (SSSR count). The van der Waals surface area contributed by atoms with E-state index in [-0.39, 0.29) is 64.9 Å². The maximum absolute atomic E-state index is 13.0. The monoisotopic (exact) mass is 1630 g/mol. The summed E-state index contributed by atoms with van der Waals surface area (Å²) in [5, 5.41) is 22.8. The van der Waals surface area contributed by atoms with Crippen LogP contribution in [0.15, 0.2) is 140 Å². The smallest absolute Gasteiger partial charge is 0.445 e. The van der Waals surface area contributed by atoms with E-state index in [0.717, 1.165) is 106 Å². The number of nitrogens with zero attached hydrogens (tertiary/aromatic N) is 1. The number of carbonyl (C=O) groups excluding carboxylic acids is 5. The summed E-state index contributed by atoms with van der Waals surface area (Å²) >= 11 is 0. The lowest BCUT2D eigenvalue weighted by atomic mass is 9.59. The SMILES string of the molecule is COCCOCCOCCOCCNC(=O)Oc1ccc2c(c1)[C@@]1(C)CCCCC[C@@H](C2)[C@@H]1N.COCCOCCOCCOCCNC(=O)Oc1ccc2c(c1)[C@@]1(C)CCCCC[C@@H](C2)[C@@H]1NC(=O)OCc1ccccc1.C[C@@]12CCCCC[C@@H](Cc3ccc(OC(=O)Oc4ccc([N+](=O)[O-])cc4)cc31)[C@@H]2NC(=O)OCc1ccccc1. The molecule has 0 unspecified atom stereocenters. The molecule has 0 aliphatic heterocycles. The molecule has 0 saturated heterocycles. The molecule has 27 nitrogen and oxygen atoms in total. The van der Waals surface area contributed by atoms with Crippen LogP contribution in [0, 0.1) is 27.9 Å². The van der Waals surface area contributed by atoms with E-state index < -0.39 is 35.5 Å². The summed E-state index contributed by atoms with van der Waals surface area (Å²) < 4.78 is 75.4. The number of rotatable bonds is 35. The van der Waals surface area contributed by atoms with Crippen LogP contribution in [-0.4, -0.2) is 173 Å². The van der Waals surface area contributed by atoms with Crippen molar-refractivity contribution in [3.8, 4) is 23.0 Å². The van der Waals surface area contributed by atoms with Crippen LogP contribution < -0.4 is 45.9 Å². The number of alkyl carbamates (subject to hydrolysis) is 2. The Hall–Kier alpha value is -9.29. The van der Waals surface area contributed by atoms with Crippen LogP contribution in [0.4, 0.5) is 29.7 Å². The summed E-state index contributed by atoms with van der Waals surface area (Å²) in [6, 6.07) is 42.0. The number of fused-ring (bicyclic) bond motifs is 12. The van der Waals surface area contributed by atoms with E-state index in [2.05, 4.69) is 54.2 Å². The topological polar surface area (TPSA) is 332 Å². The zero-order chi connectivity index (χ0) is 83.4. The minimum atomic E-state index is -0.940. The number of carbonyl (C=O) groups is 5. The normalized spacial score (nSPS) is 22.1. The van der Waals surface area contributed by atoms with Crippen LogP contribution in [0.2, 0.25) is 0 Å². The number of ether oxygens (including phenoxy) is 14. The first-order chi connectivity index (χ1) is 57.3. The Kier molecular flexibility index (Phi) is 36.6. The van der Waals surface area contributed by atoms with Crippen LogP contribution in [0.1, 0.15) is 162 Å². The summed E-state index contributed by atoms with van der Waals surface area (Å²) in [7, 11) is 3.28. The molecule has 9 atom stereocenters. The van der Waals surface area contributed by atoms with Crippen molar-refractivity contribution < 1.29 is 95.2 Å². The van der Waals surface area contributed by atoms with Crippen molar-refractivity contribution in [3.05, 3.63) is 194 Å². The molecule has 3 fully saturated rings. The summed E-state index contributed by atoms with van der Waals surface area (Å²) in [5.41, 5.74) is 15.0. The first-order valence-corrected chi connectivity index (χ1v) is 42.0. The van der Waals surface area contributed by atoms with Gasteiger partial charge in [-0.25, -0.2) is 24.0 Å². The van der Waals surface area contributed by atoms with Gasteiger partial charge in [-0.3, -0.25) is 10.1 Å². The molecule has 6 aromatic carbocycles. The van der Waals surface area contributed by atoms with Crippen LogP contribution in [-0.2, 0) is 96.1 Å². The number of non-ortho nitro benzene ring substituents is 1. The van der Waals surface area contributed by atoms with Crippen LogP contribution in [0.5, 0.6) is 23.0 Å². The van der Waals surface area contributed by atoms with Crippen LogP contribution >= 0.6 is 0 Å². The van der Waals surface area contributed by atoms with Crippen LogP contribution in [0.25, 0.3) is 0 Å². The number of hydrogen-bond donors (Lipinski definition) is 5. The second-order valence-corrected chi connectivity index (χ2v) is 31.8. The Morgan fingerprint density at radius 3 is 1.16 bits per heavy atom. The zero-order valence-corrected chi connectivity index (χ0v) is 69.3. The number of methoxy groups -OCH3 is 2. The minimum Gasteiger partial charge on any atom is -0.445 e.